The van der Waals surface area contributed by atoms with Crippen LogP contribution in [-0.2, 0) is 4.74 Å². The van der Waals surface area contributed by atoms with E-state index in [0.29, 0.717) is 12.1 Å². The summed E-state index contributed by atoms with van der Waals surface area (Å²) in [5, 5.41) is 3.47. The smallest absolute Gasteiger partial charge is 0.410 e. The van der Waals surface area contributed by atoms with Crippen LogP contribution in [0.2, 0.25) is 0 Å². The average molecular weight is 269 g/mol. The van der Waals surface area contributed by atoms with Gasteiger partial charge in [0, 0.05) is 44.8 Å². The summed E-state index contributed by atoms with van der Waals surface area (Å²) in [6, 6.07) is 1.11. The molecule has 2 heterocycles. The van der Waals surface area contributed by atoms with Gasteiger partial charge in [0.2, 0.25) is 0 Å². The number of nitrogens with one attached hydrogen (secondary N) is 1. The Morgan fingerprint density at radius 1 is 1.21 bits per heavy atom. The van der Waals surface area contributed by atoms with Gasteiger partial charge in [0.15, 0.2) is 0 Å². The number of hydrogen-bond donors (Lipinski definition) is 1. The Morgan fingerprint density at radius 2 is 1.95 bits per heavy atom. The minimum atomic E-state index is -0.411. The van der Waals surface area contributed by atoms with E-state index in [2.05, 4.69) is 17.1 Å². The van der Waals surface area contributed by atoms with Gasteiger partial charge in [-0.15, -0.1) is 0 Å². The molecule has 110 valence electrons. The molecule has 0 saturated carbocycles. The van der Waals surface area contributed by atoms with E-state index in [9.17, 15) is 4.79 Å². The zero-order chi connectivity index (χ0) is 14.0. The van der Waals surface area contributed by atoms with E-state index >= 15 is 0 Å². The number of hydrogen-bond acceptors (Lipinski definition) is 4. The van der Waals surface area contributed by atoms with Crippen molar-refractivity contribution in [1.29, 1.82) is 0 Å². The highest BCUT2D eigenvalue weighted by Gasteiger charge is 2.32. The fraction of sp³-hybridized carbons (Fsp3) is 0.929. The van der Waals surface area contributed by atoms with Crippen molar-refractivity contribution < 1.29 is 9.53 Å². The number of nitrogens with zero attached hydrogens (tertiary/aromatic N) is 2. The second-order valence-corrected chi connectivity index (χ2v) is 6.65. The van der Waals surface area contributed by atoms with E-state index in [1.807, 2.05) is 25.7 Å². The summed E-state index contributed by atoms with van der Waals surface area (Å²) in [5.74, 6) is 0. The van der Waals surface area contributed by atoms with Gasteiger partial charge >= 0.3 is 6.09 Å². The molecule has 0 aromatic carbocycles. The lowest BCUT2D eigenvalue weighted by Gasteiger charge is -2.39. The summed E-state index contributed by atoms with van der Waals surface area (Å²) in [7, 11) is 0. The number of piperazine rings is 1. The first-order valence-electron chi connectivity index (χ1n) is 7.31. The third kappa shape index (κ3) is 3.83. The Balaban J connectivity index is 1.94. The summed E-state index contributed by atoms with van der Waals surface area (Å²) in [4.78, 5) is 16.5. The summed E-state index contributed by atoms with van der Waals surface area (Å²) >= 11 is 0. The molecule has 2 aliphatic rings. The predicted molar refractivity (Wildman–Crippen MR) is 75.2 cm³/mol. The third-order valence-electron chi connectivity index (χ3n) is 3.87. The molecule has 5 heteroatoms. The molecule has 0 radical (unpaired) electrons. The van der Waals surface area contributed by atoms with Crippen LogP contribution in [-0.4, -0.2) is 66.3 Å². The lowest BCUT2D eigenvalue weighted by molar-refractivity contribution is 0.0255. The molecular formula is C14H27N3O2. The fourth-order valence-corrected chi connectivity index (χ4v) is 2.89. The minimum Gasteiger partial charge on any atom is -0.444 e. The van der Waals surface area contributed by atoms with Gasteiger partial charge in [0.1, 0.15) is 5.60 Å². The van der Waals surface area contributed by atoms with Crippen LogP contribution < -0.4 is 5.32 Å². The van der Waals surface area contributed by atoms with E-state index in [-0.39, 0.29) is 6.09 Å². The van der Waals surface area contributed by atoms with Crippen molar-refractivity contribution in [1.82, 2.24) is 15.1 Å². The second-order valence-electron chi connectivity index (χ2n) is 6.65. The monoisotopic (exact) mass is 269 g/mol. The topological polar surface area (TPSA) is 44.8 Å². The maximum atomic E-state index is 12.1. The zero-order valence-corrected chi connectivity index (χ0v) is 12.6. The van der Waals surface area contributed by atoms with Gasteiger partial charge in [-0.25, -0.2) is 4.79 Å². The molecule has 0 aliphatic carbocycles. The summed E-state index contributed by atoms with van der Waals surface area (Å²) in [6.45, 7) is 12.6. The van der Waals surface area contributed by atoms with E-state index in [1.165, 1.54) is 0 Å². The first-order valence-corrected chi connectivity index (χ1v) is 7.31. The highest BCUT2D eigenvalue weighted by atomic mass is 16.6. The van der Waals surface area contributed by atoms with Crippen LogP contribution >= 0.6 is 0 Å². The number of carbonyl (C=O) groups is 1. The van der Waals surface area contributed by atoms with Gasteiger partial charge in [-0.05, 0) is 34.1 Å². The molecular weight excluding hydrogens is 242 g/mol. The van der Waals surface area contributed by atoms with E-state index < -0.39 is 5.60 Å². The maximum Gasteiger partial charge on any atom is 0.410 e. The van der Waals surface area contributed by atoms with E-state index in [0.717, 1.165) is 39.1 Å². The number of ether oxygens (including phenoxy) is 1. The molecule has 0 aromatic rings. The predicted octanol–water partition coefficient (Wildman–Crippen LogP) is 1.29. The van der Waals surface area contributed by atoms with Gasteiger partial charge in [-0.3, -0.25) is 4.90 Å². The quantitative estimate of drug-likeness (QED) is 0.720. The van der Waals surface area contributed by atoms with Crippen molar-refractivity contribution in [2.45, 2.75) is 51.8 Å². The van der Waals surface area contributed by atoms with Crippen molar-refractivity contribution >= 4 is 6.09 Å². The number of amides is 1. The molecule has 5 nitrogen and oxygen atoms in total. The number of fused-ring (bicyclic) bond motifs is 1. The highest BCUT2D eigenvalue weighted by Crippen LogP contribution is 2.18. The Labute approximate surface area is 116 Å². The van der Waals surface area contributed by atoms with E-state index in [1.54, 1.807) is 0 Å². The Kier molecular flexibility index (Phi) is 4.36. The van der Waals surface area contributed by atoms with Gasteiger partial charge in [-0.2, -0.15) is 0 Å². The van der Waals surface area contributed by atoms with E-state index in [4.69, 9.17) is 4.74 Å². The molecule has 0 aromatic heterocycles. The van der Waals surface area contributed by atoms with Crippen LogP contribution in [0.1, 0.15) is 34.1 Å². The van der Waals surface area contributed by atoms with Crippen molar-refractivity contribution in [2.75, 3.05) is 32.7 Å². The first-order chi connectivity index (χ1) is 8.87. The van der Waals surface area contributed by atoms with Crippen molar-refractivity contribution in [2.24, 2.45) is 0 Å². The molecule has 0 bridgehead atoms. The molecule has 2 aliphatic heterocycles. The minimum absolute atomic E-state index is 0.173. The molecule has 2 rings (SSSR count). The van der Waals surface area contributed by atoms with Crippen molar-refractivity contribution in [3.63, 3.8) is 0 Å². The maximum absolute atomic E-state index is 12.1. The molecule has 19 heavy (non-hydrogen) atoms. The molecule has 0 unspecified atom stereocenters. The zero-order valence-electron chi connectivity index (χ0n) is 12.6. The molecule has 1 amide bonds. The highest BCUT2D eigenvalue weighted by molar-refractivity contribution is 5.68. The normalized spacial score (nSPS) is 29.6. The molecule has 2 saturated heterocycles. The number of carbonyl (C=O) groups excluding carboxylic acids is 1. The van der Waals surface area contributed by atoms with Gasteiger partial charge < -0.3 is 15.0 Å². The fourth-order valence-electron chi connectivity index (χ4n) is 2.89. The third-order valence-corrected chi connectivity index (χ3v) is 3.87. The lowest BCUT2D eigenvalue weighted by Crippen LogP contribution is -2.56. The summed E-state index contributed by atoms with van der Waals surface area (Å²) < 4.78 is 5.47. The van der Waals surface area contributed by atoms with Crippen LogP contribution in [0.15, 0.2) is 0 Å². The van der Waals surface area contributed by atoms with Crippen molar-refractivity contribution in [3.8, 4) is 0 Å². The van der Waals surface area contributed by atoms with Gasteiger partial charge in [0.25, 0.3) is 0 Å². The number of rotatable bonds is 0. The van der Waals surface area contributed by atoms with Gasteiger partial charge in [0.05, 0.1) is 0 Å². The standard InChI is InChI=1S/C14H27N3O2/c1-11-9-15-10-12-5-6-16(7-8-17(11)12)13(18)19-14(2,3)4/h11-12,15H,5-10H2,1-4H3/t11-,12+/m1/s1. The summed E-state index contributed by atoms with van der Waals surface area (Å²) in [6.07, 6.45) is 0.851. The van der Waals surface area contributed by atoms with Crippen LogP contribution in [0.5, 0.6) is 0 Å². The Morgan fingerprint density at radius 3 is 2.63 bits per heavy atom. The van der Waals surface area contributed by atoms with Crippen LogP contribution in [0, 0.1) is 0 Å². The van der Waals surface area contributed by atoms with Crippen molar-refractivity contribution in [3.05, 3.63) is 0 Å². The largest absolute Gasteiger partial charge is 0.444 e. The molecule has 2 fully saturated rings. The first kappa shape index (κ1) is 14.6. The second kappa shape index (κ2) is 5.67. The molecule has 2 atom stereocenters. The lowest BCUT2D eigenvalue weighted by atomic mass is 10.1. The van der Waals surface area contributed by atoms with Crippen LogP contribution in [0.25, 0.3) is 0 Å². The van der Waals surface area contributed by atoms with Crippen LogP contribution in [0.4, 0.5) is 4.79 Å². The SMILES string of the molecule is C[C@@H]1CNC[C@@H]2CCN(C(=O)OC(C)(C)C)CCN21. The Bertz CT molecular complexity index is 327. The molecule has 0 spiro atoms. The Hall–Kier alpha value is -0.810. The molecule has 1 N–H and O–H groups in total. The van der Waals surface area contributed by atoms with Crippen LogP contribution in [0.3, 0.4) is 0 Å². The van der Waals surface area contributed by atoms with Gasteiger partial charge in [-0.1, -0.05) is 0 Å². The average Bonchev–Trinajstić information content (AvgIpc) is 2.50. The summed E-state index contributed by atoms with van der Waals surface area (Å²) in [5.41, 5.74) is -0.411.